The van der Waals surface area contributed by atoms with Gasteiger partial charge in [-0.05, 0) is 96.9 Å². The number of carbonyl (C=O) groups excluding carboxylic acids is 2. The minimum atomic E-state index is -0.480. The van der Waals surface area contributed by atoms with Crippen molar-refractivity contribution in [3.8, 4) is 0 Å². The van der Waals surface area contributed by atoms with Crippen molar-refractivity contribution in [3.05, 3.63) is 179 Å². The van der Waals surface area contributed by atoms with E-state index in [0.29, 0.717) is 18.2 Å². The Morgan fingerprint density at radius 3 is 1.31 bits per heavy atom. The van der Waals surface area contributed by atoms with E-state index < -0.39 is 11.8 Å². The average Bonchev–Trinajstić information content (AvgIpc) is 3.74. The maximum Gasteiger partial charge on any atom is 0.233 e. The fourth-order valence-electron chi connectivity index (χ4n) is 11.2. The largest absolute Gasteiger partial charge is 0.336 e. The van der Waals surface area contributed by atoms with Crippen LogP contribution in [-0.4, -0.2) is 49.0 Å². The van der Waals surface area contributed by atoms with E-state index in [-0.39, 0.29) is 23.7 Å². The fraction of sp³-hybridized carbons (Fsp3) is 0.218. The molecule has 7 heteroatoms. The Hall–Kier alpha value is -6.57. The van der Waals surface area contributed by atoms with E-state index in [0.717, 1.165) is 36.6 Å². The standard InChI is InChI=1S/C55H48N4O2S/c1-3-56-53(60)51-49-39(29-31-43-41-23-11-19-37-21-13-25-45(47(37)41)58(43)33-35-15-7-5-8-16-35)27-28-40(50(49)52(51)54(61)57(4-2)55(56)62)30-32-44-42-24-12-20-38-22-14-26-46(48(38)42)59(44)34-36-17-9-6-10-18-36/h5-26,29-32,49-52H,3-4,27-28,33-34H2,1-2H3/b39-29-,40-30-,43-31-,44-32-. The average molecular weight is 829 g/mol. The van der Waals surface area contributed by atoms with Crippen LogP contribution in [0.25, 0.3) is 55.5 Å². The van der Waals surface area contributed by atoms with Crippen LogP contribution in [0.2, 0.25) is 0 Å². The Morgan fingerprint density at radius 2 is 0.903 bits per heavy atom. The summed E-state index contributed by atoms with van der Waals surface area (Å²) < 4.78 is 4.87. The summed E-state index contributed by atoms with van der Waals surface area (Å²) in [6.45, 7) is 6.26. The van der Waals surface area contributed by atoms with Crippen LogP contribution in [0.3, 0.4) is 0 Å². The summed E-state index contributed by atoms with van der Waals surface area (Å²) in [5.74, 6) is -1.25. The molecule has 4 unspecified atom stereocenters. The minimum Gasteiger partial charge on any atom is -0.336 e. The van der Waals surface area contributed by atoms with E-state index >= 15 is 0 Å². The number of benzene rings is 6. The van der Waals surface area contributed by atoms with Gasteiger partial charge in [0.05, 0.1) is 22.9 Å². The second-order valence-corrected chi connectivity index (χ2v) is 17.5. The summed E-state index contributed by atoms with van der Waals surface area (Å²) >= 11 is 5.91. The molecule has 306 valence electrons. The molecule has 0 spiro atoms. The third-order valence-electron chi connectivity index (χ3n) is 14.1. The number of fused-ring (bicyclic) bond motifs is 4. The first-order chi connectivity index (χ1) is 30.4. The SMILES string of the molecule is CCN1C(=O)C2C(C(=O)N(CC)C1=S)C1/C(=C\C=c3\c4cccc5cccc(c54)n3Cc3ccccc3)CC/C(=C/C=c3/c4cccc5cccc(c54)n3Cc3ccccc3)C21. The highest BCUT2D eigenvalue weighted by molar-refractivity contribution is 7.80. The third kappa shape index (κ3) is 6.00. The van der Waals surface area contributed by atoms with Gasteiger partial charge in [-0.2, -0.15) is 0 Å². The number of aromatic nitrogens is 2. The number of carbonyl (C=O) groups is 2. The van der Waals surface area contributed by atoms with Crippen molar-refractivity contribution >= 4 is 84.6 Å². The lowest BCUT2D eigenvalue weighted by atomic mass is 9.48. The van der Waals surface area contributed by atoms with Crippen molar-refractivity contribution in [2.24, 2.45) is 23.7 Å². The summed E-state index contributed by atoms with van der Waals surface area (Å²) in [5.41, 5.74) is 7.35. The highest BCUT2D eigenvalue weighted by Crippen LogP contribution is 2.60. The molecule has 3 heterocycles. The molecule has 2 aromatic heterocycles. The van der Waals surface area contributed by atoms with E-state index in [1.165, 1.54) is 65.6 Å². The smallest absolute Gasteiger partial charge is 0.233 e. The Labute approximate surface area is 366 Å². The number of thiocarbonyl (C=S) groups is 1. The maximum absolute atomic E-state index is 14.7. The zero-order chi connectivity index (χ0) is 42.1. The van der Waals surface area contributed by atoms with E-state index in [1.807, 2.05) is 13.8 Å². The van der Waals surface area contributed by atoms with Crippen molar-refractivity contribution in [3.63, 3.8) is 0 Å². The molecule has 0 bridgehead atoms. The zero-order valence-corrected chi connectivity index (χ0v) is 35.9. The first-order valence-corrected chi connectivity index (χ1v) is 22.5. The van der Waals surface area contributed by atoms with Crippen molar-refractivity contribution in [2.75, 3.05) is 13.1 Å². The zero-order valence-electron chi connectivity index (χ0n) is 35.1. The van der Waals surface area contributed by atoms with Crippen LogP contribution in [0.15, 0.2) is 157 Å². The van der Waals surface area contributed by atoms with Crippen LogP contribution in [-0.2, 0) is 22.7 Å². The molecule has 2 saturated carbocycles. The Balaban J connectivity index is 1.08. The predicted molar refractivity (Wildman–Crippen MR) is 256 cm³/mol. The van der Waals surface area contributed by atoms with Gasteiger partial charge < -0.3 is 9.13 Å². The van der Waals surface area contributed by atoms with Gasteiger partial charge in [-0.1, -0.05) is 145 Å². The molecule has 6 nitrogen and oxygen atoms in total. The highest BCUT2D eigenvalue weighted by Gasteiger charge is 2.63. The molecule has 2 amide bonds. The molecule has 8 aromatic rings. The first kappa shape index (κ1) is 38.4. The van der Waals surface area contributed by atoms with E-state index in [2.05, 4.69) is 167 Å². The van der Waals surface area contributed by atoms with Crippen molar-refractivity contribution in [1.29, 1.82) is 0 Å². The van der Waals surface area contributed by atoms with Crippen molar-refractivity contribution in [2.45, 2.75) is 39.8 Å². The Kier molecular flexibility index (Phi) is 9.53. The van der Waals surface area contributed by atoms with Gasteiger partial charge in [0.1, 0.15) is 0 Å². The van der Waals surface area contributed by atoms with Crippen molar-refractivity contribution in [1.82, 2.24) is 18.9 Å². The molecular formula is C55H48N4O2S. The molecule has 6 aromatic carbocycles. The normalized spacial score (nSPS) is 22.5. The lowest BCUT2D eigenvalue weighted by Gasteiger charge is -2.54. The number of nitrogens with zero attached hydrogens (tertiary/aromatic N) is 4. The molecular weight excluding hydrogens is 781 g/mol. The van der Waals surface area contributed by atoms with Gasteiger partial charge in [0.25, 0.3) is 0 Å². The summed E-state index contributed by atoms with van der Waals surface area (Å²) in [6, 6.07) is 47.5. The summed E-state index contributed by atoms with van der Waals surface area (Å²) in [7, 11) is 0. The Bertz CT molecular complexity index is 3040. The third-order valence-corrected chi connectivity index (χ3v) is 14.5. The Morgan fingerprint density at radius 1 is 0.500 bits per heavy atom. The van der Waals surface area contributed by atoms with Crippen LogP contribution in [0, 0.1) is 23.7 Å². The molecule has 0 radical (unpaired) electrons. The van der Waals surface area contributed by atoms with Gasteiger partial charge in [-0.15, -0.1) is 0 Å². The molecule has 3 aliphatic rings. The second-order valence-electron chi connectivity index (χ2n) is 17.1. The van der Waals surface area contributed by atoms with Crippen LogP contribution in [0.1, 0.15) is 37.8 Å². The quantitative estimate of drug-likeness (QED) is 0.144. The van der Waals surface area contributed by atoms with E-state index in [4.69, 9.17) is 12.2 Å². The topological polar surface area (TPSA) is 50.5 Å². The number of allylic oxidation sites excluding steroid dienone is 4. The van der Waals surface area contributed by atoms with Gasteiger partial charge in [0, 0.05) is 58.4 Å². The molecule has 1 saturated heterocycles. The van der Waals surface area contributed by atoms with E-state index in [1.54, 1.807) is 9.80 Å². The van der Waals surface area contributed by atoms with Crippen LogP contribution in [0.4, 0.5) is 0 Å². The monoisotopic (exact) mass is 828 g/mol. The molecule has 0 N–H and O–H groups in total. The molecule has 11 rings (SSSR count). The maximum atomic E-state index is 14.7. The molecule has 4 atom stereocenters. The number of amides is 2. The minimum absolute atomic E-state index is 0.0260. The summed E-state index contributed by atoms with van der Waals surface area (Å²) in [6.07, 6.45) is 10.8. The van der Waals surface area contributed by atoms with Gasteiger partial charge in [-0.25, -0.2) is 0 Å². The fourth-order valence-corrected chi connectivity index (χ4v) is 11.7. The first-order valence-electron chi connectivity index (χ1n) is 22.1. The van der Waals surface area contributed by atoms with Gasteiger partial charge in [-0.3, -0.25) is 19.4 Å². The molecule has 2 aliphatic carbocycles. The molecule has 3 fully saturated rings. The van der Waals surface area contributed by atoms with Crippen molar-refractivity contribution < 1.29 is 9.59 Å². The molecule has 62 heavy (non-hydrogen) atoms. The van der Waals surface area contributed by atoms with Gasteiger partial charge >= 0.3 is 0 Å². The van der Waals surface area contributed by atoms with Gasteiger partial charge in [0.15, 0.2) is 5.11 Å². The predicted octanol–water partition coefficient (Wildman–Crippen LogP) is 9.82. The second kappa shape index (κ2) is 15.4. The lowest BCUT2D eigenvalue weighted by molar-refractivity contribution is -0.154. The number of hydrogen-bond donors (Lipinski definition) is 0. The van der Waals surface area contributed by atoms with Crippen LogP contribution < -0.4 is 10.7 Å². The number of hydrogen-bond acceptors (Lipinski definition) is 3. The lowest BCUT2D eigenvalue weighted by Crippen LogP contribution is -2.58. The summed E-state index contributed by atoms with van der Waals surface area (Å²) in [4.78, 5) is 32.8. The summed E-state index contributed by atoms with van der Waals surface area (Å²) in [5, 5.41) is 10.0. The molecule has 1 aliphatic heterocycles. The highest BCUT2D eigenvalue weighted by atomic mass is 32.1. The van der Waals surface area contributed by atoms with Gasteiger partial charge in [0.2, 0.25) is 11.8 Å². The van der Waals surface area contributed by atoms with Crippen LogP contribution >= 0.6 is 12.2 Å². The van der Waals surface area contributed by atoms with E-state index in [9.17, 15) is 9.59 Å². The number of rotatable bonds is 8. The van der Waals surface area contributed by atoms with Crippen LogP contribution in [0.5, 0.6) is 0 Å².